The van der Waals surface area contributed by atoms with Crippen molar-refractivity contribution >= 4 is 29.6 Å². The summed E-state index contributed by atoms with van der Waals surface area (Å²) in [5.74, 6) is -4.53. The predicted octanol–water partition coefficient (Wildman–Crippen LogP) is -1.35. The molecule has 0 aliphatic rings. The summed E-state index contributed by atoms with van der Waals surface area (Å²) in [4.78, 5) is 60.2. The maximum Gasteiger partial charge on any atom is 0.326 e. The molecule has 32 heavy (non-hydrogen) atoms. The van der Waals surface area contributed by atoms with Crippen LogP contribution < -0.4 is 27.4 Å². The molecule has 0 saturated heterocycles. The largest absolute Gasteiger partial charge is 0.480 e. The van der Waals surface area contributed by atoms with Gasteiger partial charge < -0.3 is 32.5 Å². The van der Waals surface area contributed by atoms with Crippen LogP contribution in [0.1, 0.15) is 32.3 Å². The van der Waals surface area contributed by atoms with E-state index in [1.807, 2.05) is 6.92 Å². The third-order valence-corrected chi connectivity index (χ3v) is 4.93. The molecule has 1 aromatic carbocycles. The molecule has 4 unspecified atom stereocenters. The van der Waals surface area contributed by atoms with Crippen LogP contribution in [0.25, 0.3) is 0 Å². The van der Waals surface area contributed by atoms with E-state index in [2.05, 4.69) is 16.0 Å². The molecule has 1 aromatic rings. The molecule has 0 saturated carbocycles. The summed E-state index contributed by atoms with van der Waals surface area (Å²) in [5.41, 5.74) is 11.1. The molecule has 11 nitrogen and oxygen atoms in total. The highest BCUT2D eigenvalue weighted by molar-refractivity contribution is 5.94. The smallest absolute Gasteiger partial charge is 0.326 e. The van der Waals surface area contributed by atoms with E-state index in [-0.39, 0.29) is 18.9 Å². The summed E-state index contributed by atoms with van der Waals surface area (Å²) in [7, 11) is 0. The van der Waals surface area contributed by atoms with Gasteiger partial charge in [0.05, 0.1) is 13.0 Å². The molecule has 0 fully saturated rings. The number of benzene rings is 1. The average molecular weight is 450 g/mol. The monoisotopic (exact) mass is 449 g/mol. The first-order chi connectivity index (χ1) is 15.1. The van der Waals surface area contributed by atoms with E-state index < -0.39 is 54.1 Å². The van der Waals surface area contributed by atoms with E-state index in [9.17, 15) is 29.1 Å². The summed E-state index contributed by atoms with van der Waals surface area (Å²) >= 11 is 0. The molecule has 0 spiro atoms. The highest BCUT2D eigenvalue weighted by atomic mass is 16.4. The van der Waals surface area contributed by atoms with Crippen molar-refractivity contribution in [1.29, 1.82) is 0 Å². The van der Waals surface area contributed by atoms with Gasteiger partial charge in [0.1, 0.15) is 18.1 Å². The highest BCUT2D eigenvalue weighted by Crippen LogP contribution is 2.10. The Labute approximate surface area is 186 Å². The molecule has 176 valence electrons. The van der Waals surface area contributed by atoms with Crippen LogP contribution in [0.4, 0.5) is 0 Å². The fourth-order valence-electron chi connectivity index (χ4n) is 2.93. The molecule has 0 aliphatic carbocycles. The van der Waals surface area contributed by atoms with Crippen LogP contribution in [0.3, 0.4) is 0 Å². The topological polar surface area (TPSA) is 194 Å². The number of carbonyl (C=O) groups excluding carboxylic acids is 4. The predicted molar refractivity (Wildman–Crippen MR) is 116 cm³/mol. The molecule has 1 rings (SSSR count). The fourth-order valence-corrected chi connectivity index (χ4v) is 2.93. The first kappa shape index (κ1) is 26.6. The number of nitrogens with one attached hydrogen (secondary N) is 3. The fraction of sp³-hybridized carbons (Fsp3) is 0.476. The molecular formula is C21H31N5O6. The lowest BCUT2D eigenvalue weighted by atomic mass is 9.97. The number of carboxylic acid groups (broad SMARTS) is 1. The van der Waals surface area contributed by atoms with Crippen LogP contribution in [0.15, 0.2) is 30.3 Å². The van der Waals surface area contributed by atoms with Crippen LogP contribution in [0, 0.1) is 5.92 Å². The van der Waals surface area contributed by atoms with Crippen molar-refractivity contribution in [3.05, 3.63) is 35.9 Å². The third-order valence-electron chi connectivity index (χ3n) is 4.93. The zero-order valence-corrected chi connectivity index (χ0v) is 18.2. The Morgan fingerprint density at radius 3 is 2.06 bits per heavy atom. The van der Waals surface area contributed by atoms with Crippen molar-refractivity contribution in [2.75, 3.05) is 6.54 Å². The molecule has 0 bridgehead atoms. The third kappa shape index (κ3) is 8.72. The molecule has 0 heterocycles. The highest BCUT2D eigenvalue weighted by Gasteiger charge is 2.32. The van der Waals surface area contributed by atoms with Gasteiger partial charge in [0.2, 0.25) is 23.6 Å². The number of primary amides is 1. The SMILES string of the molecule is CCC(C)C(NC(=O)CN)C(=O)NC(Cc1ccccc1)C(=O)NC(CC(N)=O)C(=O)O. The molecule has 4 atom stereocenters. The van der Waals surface area contributed by atoms with Crippen molar-refractivity contribution in [2.45, 2.75) is 51.2 Å². The van der Waals surface area contributed by atoms with E-state index in [1.165, 1.54) is 0 Å². The van der Waals surface area contributed by atoms with Crippen molar-refractivity contribution in [3.8, 4) is 0 Å². The summed E-state index contributed by atoms with van der Waals surface area (Å²) in [6.07, 6.45) is 0.0205. The zero-order valence-electron chi connectivity index (χ0n) is 18.2. The number of carbonyl (C=O) groups is 5. The van der Waals surface area contributed by atoms with Gasteiger partial charge in [-0.1, -0.05) is 50.6 Å². The van der Waals surface area contributed by atoms with Gasteiger partial charge in [0.25, 0.3) is 0 Å². The Morgan fingerprint density at radius 1 is 0.969 bits per heavy atom. The van der Waals surface area contributed by atoms with Crippen LogP contribution in [0.5, 0.6) is 0 Å². The summed E-state index contributed by atoms with van der Waals surface area (Å²) in [5, 5.41) is 16.7. The van der Waals surface area contributed by atoms with Crippen molar-refractivity contribution < 1.29 is 29.1 Å². The van der Waals surface area contributed by atoms with Gasteiger partial charge in [-0.25, -0.2) is 4.79 Å². The number of nitrogens with two attached hydrogens (primary N) is 2. The Kier molecular flexibility index (Phi) is 10.8. The summed E-state index contributed by atoms with van der Waals surface area (Å²) < 4.78 is 0. The van der Waals surface area contributed by atoms with E-state index in [4.69, 9.17) is 11.5 Å². The van der Waals surface area contributed by atoms with E-state index in [0.717, 1.165) is 0 Å². The minimum absolute atomic E-state index is 0.0549. The Bertz CT molecular complexity index is 816. The van der Waals surface area contributed by atoms with Gasteiger partial charge >= 0.3 is 5.97 Å². The van der Waals surface area contributed by atoms with Gasteiger partial charge in [-0.05, 0) is 11.5 Å². The minimum atomic E-state index is -1.54. The van der Waals surface area contributed by atoms with Gasteiger partial charge in [-0.2, -0.15) is 0 Å². The summed E-state index contributed by atoms with van der Waals surface area (Å²) in [6.45, 7) is 3.30. The van der Waals surface area contributed by atoms with Crippen LogP contribution >= 0.6 is 0 Å². The number of amides is 4. The maximum atomic E-state index is 13.0. The Balaban J connectivity index is 3.12. The standard InChI is InChI=1S/C21H31N5O6/c1-3-12(2)18(26-17(28)11-22)20(30)24-14(9-13-7-5-4-6-8-13)19(29)25-15(21(31)32)10-16(23)27/h4-8,12,14-15,18H,3,9-11,22H2,1-2H3,(H2,23,27)(H,24,30)(H,25,29)(H,26,28)(H,31,32). The number of hydrogen-bond donors (Lipinski definition) is 6. The van der Waals surface area contributed by atoms with E-state index in [1.54, 1.807) is 37.3 Å². The van der Waals surface area contributed by atoms with Gasteiger partial charge in [-0.3, -0.25) is 19.2 Å². The zero-order chi connectivity index (χ0) is 24.3. The molecule has 4 amide bonds. The number of hydrogen-bond acceptors (Lipinski definition) is 6. The van der Waals surface area contributed by atoms with Gasteiger partial charge in [0, 0.05) is 6.42 Å². The minimum Gasteiger partial charge on any atom is -0.480 e. The molecule has 11 heteroatoms. The average Bonchev–Trinajstić information content (AvgIpc) is 2.75. The molecule has 0 aromatic heterocycles. The Hall–Kier alpha value is -3.47. The van der Waals surface area contributed by atoms with Crippen molar-refractivity contribution in [1.82, 2.24) is 16.0 Å². The lowest BCUT2D eigenvalue weighted by molar-refractivity contribution is -0.143. The lowest BCUT2D eigenvalue weighted by Gasteiger charge is -2.27. The van der Waals surface area contributed by atoms with Crippen molar-refractivity contribution in [3.63, 3.8) is 0 Å². The van der Waals surface area contributed by atoms with E-state index >= 15 is 0 Å². The first-order valence-electron chi connectivity index (χ1n) is 10.2. The summed E-state index contributed by atoms with van der Waals surface area (Å²) in [6, 6.07) is 5.12. The number of carboxylic acids is 1. The lowest BCUT2D eigenvalue weighted by Crippen LogP contribution is -2.58. The molecule has 0 radical (unpaired) electrons. The van der Waals surface area contributed by atoms with Crippen LogP contribution in [-0.4, -0.2) is 59.4 Å². The quantitative estimate of drug-likeness (QED) is 0.214. The molecule has 0 aliphatic heterocycles. The maximum absolute atomic E-state index is 13.0. The van der Waals surface area contributed by atoms with Gasteiger partial charge in [-0.15, -0.1) is 0 Å². The van der Waals surface area contributed by atoms with Crippen LogP contribution in [0.2, 0.25) is 0 Å². The first-order valence-corrected chi connectivity index (χ1v) is 10.2. The van der Waals surface area contributed by atoms with Gasteiger partial charge in [0.15, 0.2) is 0 Å². The second-order valence-corrected chi connectivity index (χ2v) is 7.46. The second-order valence-electron chi connectivity index (χ2n) is 7.46. The normalized spacial score (nSPS) is 14.3. The molecular weight excluding hydrogens is 418 g/mol. The second kappa shape index (κ2) is 13.1. The molecule has 8 N–H and O–H groups in total. The number of aliphatic carboxylic acids is 1. The van der Waals surface area contributed by atoms with Crippen LogP contribution in [-0.2, 0) is 30.4 Å². The van der Waals surface area contributed by atoms with E-state index in [0.29, 0.717) is 12.0 Å². The van der Waals surface area contributed by atoms with Crippen molar-refractivity contribution in [2.24, 2.45) is 17.4 Å². The Morgan fingerprint density at radius 2 is 1.56 bits per heavy atom. The number of rotatable bonds is 13.